The fraction of sp³-hybridized carbons (Fsp3) is 0.300. The molecule has 0 unspecified atom stereocenters. The molecule has 3 aromatic rings. The SMILES string of the molecule is CC(C)N(CCn1c(CNC=O)nc2ccccc21)c1ccccc1. The number of imidazole rings is 1. The van der Waals surface area contributed by atoms with Gasteiger partial charge in [-0.25, -0.2) is 4.98 Å². The molecule has 0 saturated heterocycles. The lowest BCUT2D eigenvalue weighted by atomic mass is 10.2. The standard InChI is InChI=1S/C20H24N4O/c1-16(2)23(17-8-4-3-5-9-17)12-13-24-19-11-7-6-10-18(19)22-20(24)14-21-15-25/h3-11,15-16H,12-14H2,1-2H3,(H,21,25). The molecule has 1 amide bonds. The number of para-hydroxylation sites is 3. The number of fused-ring (bicyclic) bond motifs is 1. The molecule has 5 heteroatoms. The van der Waals surface area contributed by atoms with E-state index in [0.29, 0.717) is 19.0 Å². The molecule has 130 valence electrons. The van der Waals surface area contributed by atoms with Crippen LogP contribution in [-0.4, -0.2) is 28.5 Å². The van der Waals surface area contributed by atoms with Crippen molar-refractivity contribution in [3.05, 3.63) is 60.4 Å². The van der Waals surface area contributed by atoms with Gasteiger partial charge in [0.25, 0.3) is 0 Å². The third-order valence-electron chi connectivity index (χ3n) is 4.35. The maximum Gasteiger partial charge on any atom is 0.207 e. The molecule has 0 radical (unpaired) electrons. The summed E-state index contributed by atoms with van der Waals surface area (Å²) in [5.74, 6) is 0.880. The molecule has 5 nitrogen and oxygen atoms in total. The lowest BCUT2D eigenvalue weighted by molar-refractivity contribution is -0.109. The predicted octanol–water partition coefficient (Wildman–Crippen LogP) is 3.20. The monoisotopic (exact) mass is 336 g/mol. The summed E-state index contributed by atoms with van der Waals surface area (Å²) < 4.78 is 2.20. The second-order valence-corrected chi connectivity index (χ2v) is 6.29. The number of benzene rings is 2. The third-order valence-corrected chi connectivity index (χ3v) is 4.35. The predicted molar refractivity (Wildman–Crippen MR) is 102 cm³/mol. The van der Waals surface area contributed by atoms with Crippen molar-refractivity contribution in [2.24, 2.45) is 0 Å². The molecule has 2 aromatic carbocycles. The highest BCUT2D eigenvalue weighted by Crippen LogP contribution is 2.19. The van der Waals surface area contributed by atoms with Gasteiger partial charge in [0.15, 0.2) is 0 Å². The Balaban J connectivity index is 1.87. The molecule has 1 aromatic heterocycles. The summed E-state index contributed by atoms with van der Waals surface area (Å²) in [5.41, 5.74) is 3.28. The van der Waals surface area contributed by atoms with Gasteiger partial charge in [0.05, 0.1) is 17.6 Å². The first-order chi connectivity index (χ1) is 12.2. The molecular formula is C20H24N4O. The van der Waals surface area contributed by atoms with Gasteiger partial charge in [-0.2, -0.15) is 0 Å². The number of nitrogens with zero attached hydrogens (tertiary/aromatic N) is 3. The minimum atomic E-state index is 0.397. The first kappa shape index (κ1) is 17.0. The van der Waals surface area contributed by atoms with Crippen molar-refractivity contribution < 1.29 is 4.79 Å². The Morgan fingerprint density at radius 1 is 1.12 bits per heavy atom. The van der Waals surface area contributed by atoms with Crippen LogP contribution >= 0.6 is 0 Å². The summed E-state index contributed by atoms with van der Waals surface area (Å²) in [4.78, 5) is 17.7. The van der Waals surface area contributed by atoms with Crippen LogP contribution in [-0.2, 0) is 17.9 Å². The van der Waals surface area contributed by atoms with Gasteiger partial charge in [-0.15, -0.1) is 0 Å². The van der Waals surface area contributed by atoms with Crippen LogP contribution in [0.4, 0.5) is 5.69 Å². The van der Waals surface area contributed by atoms with Crippen molar-refractivity contribution in [2.45, 2.75) is 33.0 Å². The second-order valence-electron chi connectivity index (χ2n) is 6.29. The number of carbonyl (C=O) groups excluding carboxylic acids is 1. The van der Waals surface area contributed by atoms with Crippen LogP contribution in [0.3, 0.4) is 0 Å². The Bertz CT molecular complexity index is 826. The van der Waals surface area contributed by atoms with Gasteiger partial charge in [-0.3, -0.25) is 4.79 Å². The number of hydrogen-bond acceptors (Lipinski definition) is 3. The van der Waals surface area contributed by atoms with Gasteiger partial charge in [-0.1, -0.05) is 30.3 Å². The highest BCUT2D eigenvalue weighted by Gasteiger charge is 2.14. The number of nitrogens with one attached hydrogen (secondary N) is 1. The molecule has 3 rings (SSSR count). The van der Waals surface area contributed by atoms with Gasteiger partial charge in [-0.05, 0) is 38.1 Å². The van der Waals surface area contributed by atoms with Crippen LogP contribution < -0.4 is 10.2 Å². The van der Waals surface area contributed by atoms with Crippen LogP contribution in [0.2, 0.25) is 0 Å². The van der Waals surface area contributed by atoms with E-state index < -0.39 is 0 Å². The molecule has 0 atom stereocenters. The third kappa shape index (κ3) is 3.82. The van der Waals surface area contributed by atoms with Crippen molar-refractivity contribution in [3.8, 4) is 0 Å². The normalized spacial score (nSPS) is 11.0. The summed E-state index contributed by atoms with van der Waals surface area (Å²) in [5, 5.41) is 2.73. The molecule has 0 aliphatic carbocycles. The summed E-state index contributed by atoms with van der Waals surface area (Å²) in [6.45, 7) is 6.52. The Morgan fingerprint density at radius 2 is 1.84 bits per heavy atom. The maximum atomic E-state index is 10.7. The summed E-state index contributed by atoms with van der Waals surface area (Å²) >= 11 is 0. The maximum absolute atomic E-state index is 10.7. The van der Waals surface area contributed by atoms with Crippen molar-refractivity contribution >= 4 is 23.1 Å². The van der Waals surface area contributed by atoms with Gasteiger partial charge in [0.1, 0.15) is 5.82 Å². The first-order valence-corrected chi connectivity index (χ1v) is 8.63. The average Bonchev–Trinajstić information content (AvgIpc) is 2.98. The first-order valence-electron chi connectivity index (χ1n) is 8.63. The van der Waals surface area contributed by atoms with E-state index in [1.165, 1.54) is 5.69 Å². The van der Waals surface area contributed by atoms with E-state index in [9.17, 15) is 4.79 Å². The number of amides is 1. The van der Waals surface area contributed by atoms with Crippen LogP contribution in [0.15, 0.2) is 54.6 Å². The zero-order valence-electron chi connectivity index (χ0n) is 14.7. The molecule has 0 spiro atoms. The summed E-state index contributed by atoms with van der Waals surface area (Å²) in [6, 6.07) is 18.9. The Morgan fingerprint density at radius 3 is 2.56 bits per heavy atom. The number of carbonyl (C=O) groups is 1. The zero-order chi connectivity index (χ0) is 17.6. The van der Waals surface area contributed by atoms with Gasteiger partial charge < -0.3 is 14.8 Å². The van der Waals surface area contributed by atoms with Crippen molar-refractivity contribution in [3.63, 3.8) is 0 Å². The van der Waals surface area contributed by atoms with Crippen LogP contribution in [0.25, 0.3) is 11.0 Å². The van der Waals surface area contributed by atoms with E-state index in [-0.39, 0.29) is 0 Å². The molecule has 1 heterocycles. The lowest BCUT2D eigenvalue weighted by Crippen LogP contribution is -2.34. The Hall–Kier alpha value is -2.82. The van der Waals surface area contributed by atoms with Crippen LogP contribution in [0.1, 0.15) is 19.7 Å². The van der Waals surface area contributed by atoms with Crippen LogP contribution in [0, 0.1) is 0 Å². The van der Waals surface area contributed by atoms with E-state index in [1.807, 2.05) is 24.3 Å². The molecule has 1 N–H and O–H groups in total. The van der Waals surface area contributed by atoms with Crippen molar-refractivity contribution in [2.75, 3.05) is 11.4 Å². The fourth-order valence-electron chi connectivity index (χ4n) is 3.16. The molecule has 0 aliphatic rings. The van der Waals surface area contributed by atoms with Gasteiger partial charge in [0, 0.05) is 24.8 Å². The molecule has 0 fully saturated rings. The molecule has 0 saturated carbocycles. The van der Waals surface area contributed by atoms with Crippen molar-refractivity contribution in [1.82, 2.24) is 14.9 Å². The van der Waals surface area contributed by atoms with E-state index >= 15 is 0 Å². The van der Waals surface area contributed by atoms with E-state index in [4.69, 9.17) is 0 Å². The summed E-state index contributed by atoms with van der Waals surface area (Å²) in [7, 11) is 0. The fourth-order valence-corrected chi connectivity index (χ4v) is 3.16. The van der Waals surface area contributed by atoms with Crippen LogP contribution in [0.5, 0.6) is 0 Å². The largest absolute Gasteiger partial charge is 0.367 e. The highest BCUT2D eigenvalue weighted by atomic mass is 16.1. The minimum absolute atomic E-state index is 0.397. The number of rotatable bonds is 8. The lowest BCUT2D eigenvalue weighted by Gasteiger charge is -2.29. The summed E-state index contributed by atoms with van der Waals surface area (Å²) in [6.07, 6.45) is 0.716. The van der Waals surface area contributed by atoms with E-state index in [2.05, 4.69) is 63.9 Å². The second kappa shape index (κ2) is 7.83. The Labute approximate surface area is 148 Å². The zero-order valence-corrected chi connectivity index (χ0v) is 14.7. The Kier molecular flexibility index (Phi) is 5.33. The molecule has 0 bridgehead atoms. The minimum Gasteiger partial charge on any atom is -0.367 e. The average molecular weight is 336 g/mol. The van der Waals surface area contributed by atoms with Gasteiger partial charge in [0.2, 0.25) is 6.41 Å². The van der Waals surface area contributed by atoms with E-state index in [0.717, 1.165) is 29.9 Å². The topological polar surface area (TPSA) is 50.2 Å². The van der Waals surface area contributed by atoms with E-state index in [1.54, 1.807) is 0 Å². The molecule has 25 heavy (non-hydrogen) atoms. The number of aromatic nitrogens is 2. The molecular weight excluding hydrogens is 312 g/mol. The quantitative estimate of drug-likeness (QED) is 0.643. The number of anilines is 1. The van der Waals surface area contributed by atoms with Gasteiger partial charge >= 0.3 is 0 Å². The molecule has 0 aliphatic heterocycles. The van der Waals surface area contributed by atoms with Crippen molar-refractivity contribution in [1.29, 1.82) is 0 Å². The smallest absolute Gasteiger partial charge is 0.207 e. The highest BCUT2D eigenvalue weighted by molar-refractivity contribution is 5.76. The number of hydrogen-bond donors (Lipinski definition) is 1.